The summed E-state index contributed by atoms with van der Waals surface area (Å²) in [6.45, 7) is 74.9. The first kappa shape index (κ1) is 103. The van der Waals surface area contributed by atoms with Crippen LogP contribution in [0.5, 0.6) is 0 Å². The molecule has 0 saturated carbocycles. The topological polar surface area (TPSA) is 271 Å². The van der Waals surface area contributed by atoms with Gasteiger partial charge in [-0.1, -0.05) is 270 Å². The summed E-state index contributed by atoms with van der Waals surface area (Å²) in [7, 11) is 0. The van der Waals surface area contributed by atoms with E-state index in [1.165, 1.54) is 56.5 Å². The maximum absolute atomic E-state index is 11.6. The van der Waals surface area contributed by atoms with E-state index in [0.717, 1.165) is 33.8 Å². The number of nitrogens with one attached hydrogen (secondary N) is 7. The summed E-state index contributed by atoms with van der Waals surface area (Å²) in [5.41, 5.74) is 21.7. The fraction of sp³-hybridized carbons (Fsp3) is 0.529. The quantitative estimate of drug-likeness (QED) is 0.0340. The van der Waals surface area contributed by atoms with Crippen LogP contribution in [0, 0.1) is 0 Å². The second-order valence-electron chi connectivity index (χ2n) is 43.4. The number of aromatic nitrogens is 4. The van der Waals surface area contributed by atoms with Gasteiger partial charge < -0.3 is 40.7 Å². The minimum absolute atomic E-state index is 0.00762. The van der Waals surface area contributed by atoms with Crippen molar-refractivity contribution in [3.05, 3.63) is 267 Å². The van der Waals surface area contributed by atoms with Gasteiger partial charge in [0.25, 0.3) is 0 Å². The number of nitrogens with zero attached hydrogens (tertiary/aromatic N) is 3. The number of carboxylic acid groups (broad SMARTS) is 2. The van der Waals surface area contributed by atoms with Crippen LogP contribution in [-0.4, -0.2) is 82.2 Å². The van der Waals surface area contributed by atoms with Gasteiger partial charge in [-0.05, 0) is 229 Å². The van der Waals surface area contributed by atoms with Crippen LogP contribution in [0.15, 0.2) is 192 Å². The van der Waals surface area contributed by atoms with Crippen molar-refractivity contribution in [3.63, 3.8) is 0 Å². The number of nitrogens with two attached hydrogens (primary N) is 1. The fourth-order valence-electron chi connectivity index (χ4n) is 12.9. The number of benzene rings is 6. The van der Waals surface area contributed by atoms with Gasteiger partial charge in [-0.25, -0.2) is 4.98 Å². The van der Waals surface area contributed by atoms with Crippen molar-refractivity contribution in [1.82, 2.24) is 52.3 Å². The number of carbonyl (C=O) groups is 3. The predicted octanol–water partition coefficient (Wildman–Crippen LogP) is 23.0. The van der Waals surface area contributed by atoms with E-state index in [1.54, 1.807) is 18.7 Å². The smallest absolute Gasteiger partial charge is 0.325 e. The van der Waals surface area contributed by atoms with Gasteiger partial charge in [-0.15, -0.1) is 0 Å². The van der Waals surface area contributed by atoms with Crippen molar-refractivity contribution in [2.24, 2.45) is 5.73 Å². The molecule has 9 aromatic rings. The first-order valence-electron chi connectivity index (χ1n) is 42.5. The Labute approximate surface area is 723 Å². The van der Waals surface area contributed by atoms with E-state index >= 15 is 0 Å². The van der Waals surface area contributed by atoms with E-state index in [0.29, 0.717) is 6.04 Å². The summed E-state index contributed by atoms with van der Waals surface area (Å²) in [6, 6.07) is 53.8. The van der Waals surface area contributed by atoms with Gasteiger partial charge in [0.15, 0.2) is 6.39 Å². The van der Waals surface area contributed by atoms with E-state index in [1.807, 2.05) is 123 Å². The molecule has 0 saturated heterocycles. The number of hydrogen-bond acceptors (Lipinski definition) is 14. The second kappa shape index (κ2) is 42.8. The van der Waals surface area contributed by atoms with E-state index in [2.05, 4.69) is 329 Å². The molecule has 6 aromatic carbocycles. The molecule has 0 radical (unpaired) electrons. The highest BCUT2D eigenvalue weighted by molar-refractivity contribution is 5.81. The number of H-pyrrole nitrogens is 1. The Balaban J connectivity index is 0.000000303. The van der Waals surface area contributed by atoms with Crippen molar-refractivity contribution in [1.29, 1.82) is 0 Å². The van der Waals surface area contributed by atoms with Crippen LogP contribution in [-0.2, 0) is 46.9 Å². The average molecular weight is 1650 g/mol. The van der Waals surface area contributed by atoms with Gasteiger partial charge in [-0.3, -0.25) is 30.3 Å². The van der Waals surface area contributed by atoms with E-state index in [9.17, 15) is 19.5 Å². The van der Waals surface area contributed by atoms with Gasteiger partial charge >= 0.3 is 11.9 Å². The highest BCUT2D eigenvalue weighted by Crippen LogP contribution is 2.34. The number of oxazole rings is 1. The number of primary amides is 1. The van der Waals surface area contributed by atoms with Crippen LogP contribution in [0.25, 0.3) is 0 Å². The number of carboxylic acids is 2. The van der Waals surface area contributed by atoms with Gasteiger partial charge in [0.1, 0.15) is 35.5 Å². The number of furan rings is 1. The molecule has 9 rings (SSSR count). The highest BCUT2D eigenvalue weighted by Gasteiger charge is 2.31. The van der Waals surface area contributed by atoms with Crippen LogP contribution in [0.1, 0.15) is 369 Å². The minimum atomic E-state index is -0.849. The van der Waals surface area contributed by atoms with Crippen LogP contribution in [0.4, 0.5) is 0 Å². The van der Waals surface area contributed by atoms with Crippen molar-refractivity contribution >= 4 is 17.8 Å². The molecule has 3 aromatic heterocycles. The number of rotatable bonds is 20. The van der Waals surface area contributed by atoms with Crippen LogP contribution >= 0.6 is 0 Å². The van der Waals surface area contributed by atoms with Gasteiger partial charge in [0.05, 0.1) is 37.0 Å². The van der Waals surface area contributed by atoms with Crippen molar-refractivity contribution < 1.29 is 33.4 Å². The summed E-state index contributed by atoms with van der Waals surface area (Å²) >= 11 is 0. The second-order valence-corrected chi connectivity index (χ2v) is 43.4. The Bertz CT molecular complexity index is 4260. The third-order valence-electron chi connectivity index (χ3n) is 19.4. The third kappa shape index (κ3) is 37.2. The fourth-order valence-corrected chi connectivity index (χ4v) is 12.9. The number of aromatic amines is 1. The minimum Gasteiger partial charge on any atom is -0.481 e. The number of carbonyl (C=O) groups excluding carboxylic acids is 1. The van der Waals surface area contributed by atoms with Crippen molar-refractivity contribution in [3.8, 4) is 0 Å². The molecule has 0 aliphatic carbocycles. The lowest BCUT2D eigenvalue weighted by atomic mass is 9.86. The Kier molecular flexibility index (Phi) is 36.9. The van der Waals surface area contributed by atoms with Gasteiger partial charge in [-0.2, -0.15) is 15.4 Å². The summed E-state index contributed by atoms with van der Waals surface area (Å²) < 4.78 is 10.8. The van der Waals surface area contributed by atoms with Gasteiger partial charge in [0.2, 0.25) is 5.91 Å². The number of hydrogen-bond donors (Lipinski definition) is 10. The first-order chi connectivity index (χ1) is 54.7. The van der Waals surface area contributed by atoms with Crippen LogP contribution in [0.3, 0.4) is 0 Å². The van der Waals surface area contributed by atoms with Gasteiger partial charge in [0, 0.05) is 39.8 Å². The maximum atomic E-state index is 11.6. The zero-order valence-corrected chi connectivity index (χ0v) is 79.9. The average Bonchev–Trinajstić information content (AvgIpc) is 1.32. The molecule has 18 heteroatoms. The lowest BCUT2D eigenvalue weighted by Gasteiger charge is -2.28. The lowest BCUT2D eigenvalue weighted by Crippen LogP contribution is -2.44. The predicted molar refractivity (Wildman–Crippen MR) is 498 cm³/mol. The molecular formula is C102H155N11O7. The summed E-state index contributed by atoms with van der Waals surface area (Å²) in [4.78, 5) is 38.4. The van der Waals surface area contributed by atoms with E-state index in [4.69, 9.17) is 19.7 Å². The summed E-state index contributed by atoms with van der Waals surface area (Å²) in [5.74, 6) is -1.03. The molecule has 0 fully saturated rings. The molecular weight excluding hydrogens is 1490 g/mol. The Morgan fingerprint density at radius 1 is 0.392 bits per heavy atom. The van der Waals surface area contributed by atoms with Crippen molar-refractivity contribution in [2.75, 3.05) is 0 Å². The van der Waals surface area contributed by atoms with Crippen molar-refractivity contribution in [2.45, 2.75) is 351 Å². The Morgan fingerprint density at radius 3 is 0.983 bits per heavy atom. The summed E-state index contributed by atoms with van der Waals surface area (Å²) in [5, 5.41) is 49.8. The molecule has 0 aliphatic rings. The molecule has 6 atom stereocenters. The molecule has 0 spiro atoms. The molecule has 11 N–H and O–H groups in total. The van der Waals surface area contributed by atoms with E-state index < -0.39 is 24.0 Å². The lowest BCUT2D eigenvalue weighted by molar-refractivity contribution is -0.140. The zero-order valence-electron chi connectivity index (χ0n) is 79.9. The molecule has 3 heterocycles. The van der Waals surface area contributed by atoms with E-state index in [-0.39, 0.29) is 96.7 Å². The number of amides is 1. The molecule has 0 unspecified atom stereocenters. The normalized spacial score (nSPS) is 14.1. The highest BCUT2D eigenvalue weighted by atomic mass is 16.4. The van der Waals surface area contributed by atoms with Crippen LogP contribution in [0.2, 0.25) is 0 Å². The summed E-state index contributed by atoms with van der Waals surface area (Å²) in [6.07, 6.45) is 6.79. The molecule has 120 heavy (non-hydrogen) atoms. The third-order valence-corrected chi connectivity index (χ3v) is 19.4. The van der Waals surface area contributed by atoms with Crippen LogP contribution < -0.4 is 37.6 Å². The molecule has 0 bridgehead atoms. The zero-order chi connectivity index (χ0) is 91.3. The molecule has 18 nitrogen and oxygen atoms in total. The largest absolute Gasteiger partial charge is 0.481 e. The molecule has 0 aliphatic heterocycles. The first-order valence-corrected chi connectivity index (χ1v) is 42.5. The molecule has 1 amide bonds. The SMILES string of the molecule is CC(C)(C)N[C@@H](C(=O)O)c1ccc(C(C)(C)C)cc1.CC(C)(C)N[C@@H](C(N)=O)c1ccc(C(C)(C)C)cc1.CC(C)(C)N[C@@H](CC(=O)O)c1ccc(C(C)(C)C)cc1.CC(C)(C)N[C@H](c1ccc(C(C)(C)C)cc1)c1ccco1.CC(C)(C)N[C@H](c1ccc(C(C)(C)C)cc1)c1cocn1.CC(C)N[C@H](c1ccc(C(C)(C)C)cc1)c1cn[nH]n1. The Morgan fingerprint density at radius 2 is 0.708 bits per heavy atom. The maximum Gasteiger partial charge on any atom is 0.325 e. The molecule has 660 valence electrons. The number of aliphatic carboxylic acids is 2. The standard InChI is InChI=1S/C19H27NO.C18H26N2O.C17H27NO2.C16H24N4.C16H26N2O.C16H25NO2/c1-18(2,3)15-11-9-14(10-12-15)17(20-19(4,5)6)16-8-7-13-21-16;1-17(2,3)14-9-7-13(8-10-14)16(20-18(4,5)6)15-11-21-12-19-15;1-16(2,3)13-9-7-12(8-10-13)14(11-15(19)20)18-17(4,5)6;1-11(2)18-15(14-10-17-20-19-14)12-6-8-13(9-7-12)16(3,4)5;1-15(2,3)12-9-7-11(8-10-12)13(14(17)19)18-16(4,5)6;1-15(2,3)12-9-7-11(8-10-12)13(14(18)19)17-16(4,5)6/h7-13,17,20H,1-6H3;7-12,16,20H,1-6H3;7-10,14,18H,11H2,1-6H3,(H,19,20);6-11,15,18H,1-5H3,(H,17,19,20);7-10,13,18H,1-6H3,(H2,17,19);7-10,13,17H,1-6H3,(H,18,19)/t17-;16-;14-;15-;2*13-/m110111/s1. The Hall–Kier alpha value is -8.88. The monoisotopic (exact) mass is 1650 g/mol.